The molecule has 5 nitrogen and oxygen atoms in total. The third-order valence-corrected chi connectivity index (χ3v) is 14.2. The number of allylic oxidation sites excluding steroid dienone is 1. The molecule has 0 saturated carbocycles. The van der Waals surface area contributed by atoms with Gasteiger partial charge in [0, 0.05) is 0 Å². The zero-order chi connectivity index (χ0) is 16.8. The van der Waals surface area contributed by atoms with Gasteiger partial charge in [-0.05, 0) is 0 Å². The van der Waals surface area contributed by atoms with Gasteiger partial charge in [-0.2, -0.15) is 0 Å². The zero-order valence-corrected chi connectivity index (χ0v) is 16.2. The molecular weight excluding hydrogens is 341 g/mol. The number of rotatable bonds is 5. The summed E-state index contributed by atoms with van der Waals surface area (Å²) in [6.45, 7) is 10.3. The molecule has 2 amide bonds. The Kier molecular flexibility index (Phi) is 7.01. The molecule has 0 spiro atoms. The fourth-order valence-electron chi connectivity index (χ4n) is 2.52. The van der Waals surface area contributed by atoms with Crippen LogP contribution >= 0.6 is 0 Å². The first kappa shape index (κ1) is 18.6. The summed E-state index contributed by atoms with van der Waals surface area (Å²) in [4.78, 5) is 23.8. The van der Waals surface area contributed by atoms with Gasteiger partial charge in [0.15, 0.2) is 0 Å². The van der Waals surface area contributed by atoms with Crippen LogP contribution in [0.4, 0.5) is 4.79 Å². The van der Waals surface area contributed by atoms with Crippen LogP contribution in [-0.4, -0.2) is 37.9 Å². The van der Waals surface area contributed by atoms with Crippen LogP contribution in [0.1, 0.15) is 34.6 Å². The van der Waals surface area contributed by atoms with Gasteiger partial charge >= 0.3 is 135 Å². The van der Waals surface area contributed by atoms with E-state index in [9.17, 15) is 9.59 Å². The average Bonchev–Trinajstić information content (AvgIpc) is 2.48. The summed E-state index contributed by atoms with van der Waals surface area (Å²) in [6.07, 6.45) is 0. The molecule has 1 aliphatic rings. The van der Waals surface area contributed by atoms with Gasteiger partial charge in [0.1, 0.15) is 0 Å². The molecule has 0 fully saturated rings. The van der Waals surface area contributed by atoms with Crippen molar-refractivity contribution >= 4 is 25.3 Å². The molecule has 22 heavy (non-hydrogen) atoms. The summed E-state index contributed by atoms with van der Waals surface area (Å²) in [5, 5.41) is 8.71. The molecule has 0 aliphatic carbocycles. The molecule has 6 heteroatoms. The standard InChI is InChI=1S/C16H26GeN2O3/c1-6-17(7-2,8-3)11-10-13-14(15(20)22-9-4)12(5)18-16(21)19-13/h13H,6-9H2,1-5H3,(H2,18,19,21). The van der Waals surface area contributed by atoms with E-state index in [-0.39, 0.29) is 6.03 Å². The van der Waals surface area contributed by atoms with Crippen molar-refractivity contribution in [2.75, 3.05) is 6.61 Å². The molecule has 1 aliphatic heterocycles. The van der Waals surface area contributed by atoms with Crippen LogP contribution in [-0.2, 0) is 9.53 Å². The molecule has 122 valence electrons. The van der Waals surface area contributed by atoms with E-state index in [0.717, 1.165) is 15.8 Å². The van der Waals surface area contributed by atoms with E-state index in [4.69, 9.17) is 4.74 Å². The minimum absolute atomic E-state index is 0.296. The summed E-state index contributed by atoms with van der Waals surface area (Å²) in [5.74, 6) is 2.75. The number of hydrogen-bond donors (Lipinski definition) is 2. The Balaban J connectivity index is 3.17. The molecule has 0 radical (unpaired) electrons. The number of carbonyl (C=O) groups is 2. The number of hydrogen-bond acceptors (Lipinski definition) is 3. The van der Waals surface area contributed by atoms with Gasteiger partial charge < -0.3 is 0 Å². The topological polar surface area (TPSA) is 67.4 Å². The second-order valence-corrected chi connectivity index (χ2v) is 15.7. The summed E-state index contributed by atoms with van der Waals surface area (Å²) in [5.41, 5.74) is 0.928. The van der Waals surface area contributed by atoms with Crippen molar-refractivity contribution in [2.45, 2.75) is 56.4 Å². The normalized spacial score (nSPS) is 18.0. The summed E-state index contributed by atoms with van der Waals surface area (Å²) in [6, 6.07) is -0.908. The number of carbonyl (C=O) groups excluding carboxylic acids is 2. The van der Waals surface area contributed by atoms with Gasteiger partial charge in [-0.15, -0.1) is 0 Å². The van der Waals surface area contributed by atoms with Crippen LogP contribution in [0, 0.1) is 10.7 Å². The third-order valence-electron chi connectivity index (χ3n) is 4.28. The van der Waals surface area contributed by atoms with E-state index < -0.39 is 25.3 Å². The number of esters is 1. The van der Waals surface area contributed by atoms with Gasteiger partial charge in [-0.25, -0.2) is 0 Å². The molecule has 1 heterocycles. The predicted molar refractivity (Wildman–Crippen MR) is 89.8 cm³/mol. The Morgan fingerprint density at radius 2 is 1.82 bits per heavy atom. The van der Waals surface area contributed by atoms with E-state index in [0.29, 0.717) is 17.9 Å². The van der Waals surface area contributed by atoms with Crippen LogP contribution in [0.25, 0.3) is 0 Å². The fourth-order valence-corrected chi connectivity index (χ4v) is 7.73. The number of urea groups is 1. The van der Waals surface area contributed by atoms with Gasteiger partial charge in [-0.1, -0.05) is 0 Å². The van der Waals surface area contributed by atoms with Crippen molar-refractivity contribution < 1.29 is 14.3 Å². The Bertz CT molecular complexity index is 519. The van der Waals surface area contributed by atoms with E-state index in [1.807, 2.05) is 0 Å². The van der Waals surface area contributed by atoms with Gasteiger partial charge in [0.25, 0.3) is 0 Å². The van der Waals surface area contributed by atoms with Crippen LogP contribution in [0.3, 0.4) is 0 Å². The minimum atomic E-state index is -2.18. The van der Waals surface area contributed by atoms with Crippen molar-refractivity contribution in [2.24, 2.45) is 0 Å². The van der Waals surface area contributed by atoms with Crippen molar-refractivity contribution in [3.63, 3.8) is 0 Å². The molecule has 0 aromatic carbocycles. The van der Waals surface area contributed by atoms with Crippen molar-refractivity contribution in [3.8, 4) is 10.7 Å². The zero-order valence-electron chi connectivity index (χ0n) is 14.1. The van der Waals surface area contributed by atoms with Crippen LogP contribution in [0.2, 0.25) is 15.8 Å². The fraction of sp³-hybridized carbons (Fsp3) is 0.625. The molecule has 1 rings (SSSR count). The second kappa shape index (κ2) is 8.28. The van der Waals surface area contributed by atoms with Crippen molar-refractivity contribution in [1.82, 2.24) is 10.6 Å². The summed E-state index contributed by atoms with van der Waals surface area (Å²) < 4.78 is 8.56. The summed E-state index contributed by atoms with van der Waals surface area (Å²) in [7, 11) is 0. The number of nitrogens with one attached hydrogen (secondary N) is 2. The van der Waals surface area contributed by atoms with Crippen molar-refractivity contribution in [3.05, 3.63) is 11.3 Å². The Hall–Kier alpha value is -1.42. The molecule has 0 saturated heterocycles. The van der Waals surface area contributed by atoms with Gasteiger partial charge in [-0.3, -0.25) is 0 Å². The second-order valence-electron chi connectivity index (χ2n) is 5.40. The first-order valence-corrected chi connectivity index (χ1v) is 13.4. The molecule has 0 bridgehead atoms. The van der Waals surface area contributed by atoms with E-state index in [2.05, 4.69) is 42.1 Å². The van der Waals surface area contributed by atoms with Crippen LogP contribution in [0.15, 0.2) is 11.3 Å². The van der Waals surface area contributed by atoms with Gasteiger partial charge in [0.2, 0.25) is 0 Å². The van der Waals surface area contributed by atoms with E-state index >= 15 is 0 Å². The Labute approximate surface area is 135 Å². The summed E-state index contributed by atoms with van der Waals surface area (Å²) >= 11 is -2.18. The average molecular weight is 367 g/mol. The Morgan fingerprint density at radius 3 is 2.32 bits per heavy atom. The molecule has 1 atom stereocenters. The molecule has 2 N–H and O–H groups in total. The predicted octanol–water partition coefficient (Wildman–Crippen LogP) is 2.56. The third kappa shape index (κ3) is 4.29. The first-order chi connectivity index (χ1) is 10.4. The maximum atomic E-state index is 12.1. The SMILES string of the molecule is CCOC(=O)C1=C(C)NC(=O)NC1C#[C][Ge]([CH2]C)([CH2]C)[CH2]C. The quantitative estimate of drug-likeness (QED) is 0.446. The number of amides is 2. The van der Waals surface area contributed by atoms with Crippen molar-refractivity contribution in [1.29, 1.82) is 0 Å². The molecule has 1 unspecified atom stereocenters. The number of ether oxygens (including phenoxy) is 1. The molecule has 0 aromatic heterocycles. The van der Waals surface area contributed by atoms with Crippen LogP contribution < -0.4 is 10.6 Å². The molecular formula is C16H26GeN2O3. The van der Waals surface area contributed by atoms with E-state index in [1.54, 1.807) is 13.8 Å². The van der Waals surface area contributed by atoms with E-state index in [1.165, 1.54) is 0 Å². The Morgan fingerprint density at radius 1 is 1.23 bits per heavy atom. The molecule has 0 aromatic rings. The first-order valence-electron chi connectivity index (χ1n) is 7.91. The van der Waals surface area contributed by atoms with Gasteiger partial charge in [0.05, 0.1) is 0 Å². The monoisotopic (exact) mass is 368 g/mol. The maximum absolute atomic E-state index is 12.1. The van der Waals surface area contributed by atoms with Crippen LogP contribution in [0.5, 0.6) is 0 Å².